The molecule has 7 heteroatoms. The highest BCUT2D eigenvalue weighted by molar-refractivity contribution is 5.94. The first kappa shape index (κ1) is 18.2. The minimum Gasteiger partial charge on any atom is -0.489 e. The van der Waals surface area contributed by atoms with Crippen molar-refractivity contribution in [2.24, 2.45) is 0 Å². The average molecular weight is 377 g/mol. The van der Waals surface area contributed by atoms with Gasteiger partial charge in [-0.2, -0.15) is 0 Å². The Kier molecular flexibility index (Phi) is 5.06. The van der Waals surface area contributed by atoms with Gasteiger partial charge in [-0.1, -0.05) is 30.3 Å². The third kappa shape index (κ3) is 3.74. The molecule has 0 radical (unpaired) electrons. The molecular weight excluding hydrogens is 354 g/mol. The number of ether oxygens (including phenoxy) is 1. The van der Waals surface area contributed by atoms with Gasteiger partial charge >= 0.3 is 0 Å². The second kappa shape index (κ2) is 7.80. The van der Waals surface area contributed by atoms with Crippen LogP contribution in [0.15, 0.2) is 48.7 Å². The zero-order valence-electron chi connectivity index (χ0n) is 16.1. The number of nitrogens with zero attached hydrogens (tertiary/aromatic N) is 5. The SMILES string of the molecule is CC(C)Oc1cccnc1C(=O)N1CCn2c(Cc3ccccc3)nnc2C1. The van der Waals surface area contributed by atoms with Gasteiger partial charge in [-0.3, -0.25) is 4.79 Å². The highest BCUT2D eigenvalue weighted by Crippen LogP contribution is 2.22. The molecule has 7 nitrogen and oxygen atoms in total. The van der Waals surface area contributed by atoms with Gasteiger partial charge in [0, 0.05) is 25.7 Å². The summed E-state index contributed by atoms with van der Waals surface area (Å²) in [4.78, 5) is 19.1. The lowest BCUT2D eigenvalue weighted by molar-refractivity contribution is 0.0693. The van der Waals surface area contributed by atoms with Crippen molar-refractivity contribution in [2.75, 3.05) is 6.54 Å². The minimum atomic E-state index is -0.143. The van der Waals surface area contributed by atoms with Gasteiger partial charge in [-0.05, 0) is 31.5 Å². The van der Waals surface area contributed by atoms with E-state index in [0.717, 1.165) is 18.1 Å². The third-order valence-electron chi connectivity index (χ3n) is 4.66. The molecule has 28 heavy (non-hydrogen) atoms. The number of amides is 1. The van der Waals surface area contributed by atoms with Crippen LogP contribution in [-0.2, 0) is 19.5 Å². The Labute approximate surface area is 164 Å². The van der Waals surface area contributed by atoms with E-state index in [1.165, 1.54) is 5.56 Å². The van der Waals surface area contributed by atoms with Gasteiger partial charge in [0.15, 0.2) is 17.3 Å². The smallest absolute Gasteiger partial charge is 0.276 e. The van der Waals surface area contributed by atoms with E-state index >= 15 is 0 Å². The molecule has 1 aromatic carbocycles. The summed E-state index contributed by atoms with van der Waals surface area (Å²) in [6.07, 6.45) is 2.32. The van der Waals surface area contributed by atoms with Crippen LogP contribution in [0.5, 0.6) is 5.75 Å². The quantitative estimate of drug-likeness (QED) is 0.684. The molecule has 0 saturated carbocycles. The van der Waals surface area contributed by atoms with Gasteiger partial charge in [0.05, 0.1) is 12.6 Å². The van der Waals surface area contributed by atoms with Crippen LogP contribution in [0.25, 0.3) is 0 Å². The number of carbonyl (C=O) groups is 1. The molecule has 0 spiro atoms. The summed E-state index contributed by atoms with van der Waals surface area (Å²) >= 11 is 0. The van der Waals surface area contributed by atoms with Crippen LogP contribution in [0.3, 0.4) is 0 Å². The van der Waals surface area contributed by atoms with Gasteiger partial charge in [-0.25, -0.2) is 4.98 Å². The number of aromatic nitrogens is 4. The molecule has 3 heterocycles. The zero-order chi connectivity index (χ0) is 19.5. The minimum absolute atomic E-state index is 0.0271. The topological polar surface area (TPSA) is 73.1 Å². The Balaban J connectivity index is 1.51. The molecule has 0 bridgehead atoms. The number of fused-ring (bicyclic) bond motifs is 1. The Hall–Kier alpha value is -3.22. The Morgan fingerprint density at radius 2 is 1.93 bits per heavy atom. The van der Waals surface area contributed by atoms with E-state index in [-0.39, 0.29) is 12.0 Å². The highest BCUT2D eigenvalue weighted by Gasteiger charge is 2.27. The Morgan fingerprint density at radius 1 is 1.11 bits per heavy atom. The van der Waals surface area contributed by atoms with Gasteiger partial charge in [-0.15, -0.1) is 10.2 Å². The first-order valence-electron chi connectivity index (χ1n) is 9.47. The summed E-state index contributed by atoms with van der Waals surface area (Å²) in [6, 6.07) is 13.8. The molecule has 0 unspecified atom stereocenters. The van der Waals surface area contributed by atoms with Gasteiger partial charge in [0.1, 0.15) is 5.82 Å². The summed E-state index contributed by atoms with van der Waals surface area (Å²) in [5.74, 6) is 2.09. The van der Waals surface area contributed by atoms with E-state index in [0.29, 0.717) is 31.1 Å². The molecule has 144 valence electrons. The van der Waals surface area contributed by atoms with Gasteiger partial charge in [0.2, 0.25) is 0 Å². The number of benzene rings is 1. The first-order chi connectivity index (χ1) is 13.6. The Morgan fingerprint density at radius 3 is 2.71 bits per heavy atom. The van der Waals surface area contributed by atoms with Crippen molar-refractivity contribution in [2.45, 2.75) is 39.5 Å². The van der Waals surface area contributed by atoms with E-state index in [9.17, 15) is 4.79 Å². The fraction of sp³-hybridized carbons (Fsp3) is 0.333. The monoisotopic (exact) mass is 377 g/mol. The van der Waals surface area contributed by atoms with Crippen molar-refractivity contribution in [1.29, 1.82) is 0 Å². The van der Waals surface area contributed by atoms with Crippen molar-refractivity contribution in [3.8, 4) is 5.75 Å². The largest absolute Gasteiger partial charge is 0.489 e. The maximum atomic E-state index is 13.0. The lowest BCUT2D eigenvalue weighted by Crippen LogP contribution is -2.39. The maximum Gasteiger partial charge on any atom is 0.276 e. The van der Waals surface area contributed by atoms with E-state index in [1.54, 1.807) is 23.2 Å². The second-order valence-electron chi connectivity index (χ2n) is 7.09. The van der Waals surface area contributed by atoms with Crippen LogP contribution >= 0.6 is 0 Å². The Bertz CT molecular complexity index is 968. The molecule has 0 saturated heterocycles. The second-order valence-corrected chi connectivity index (χ2v) is 7.09. The van der Waals surface area contributed by atoms with Crippen LogP contribution in [0.2, 0.25) is 0 Å². The molecule has 0 N–H and O–H groups in total. The molecular formula is C21H23N5O2. The summed E-state index contributed by atoms with van der Waals surface area (Å²) in [5, 5.41) is 8.67. The predicted octanol–water partition coefficient (Wildman–Crippen LogP) is 2.71. The molecule has 0 fully saturated rings. The van der Waals surface area contributed by atoms with Crippen LogP contribution < -0.4 is 4.74 Å². The van der Waals surface area contributed by atoms with E-state index < -0.39 is 0 Å². The number of hydrogen-bond acceptors (Lipinski definition) is 5. The zero-order valence-corrected chi connectivity index (χ0v) is 16.1. The van der Waals surface area contributed by atoms with Crippen LogP contribution in [0.1, 0.15) is 41.5 Å². The van der Waals surface area contributed by atoms with Crippen LogP contribution in [0.4, 0.5) is 0 Å². The molecule has 1 aliphatic rings. The molecule has 4 rings (SSSR count). The summed E-state index contributed by atoms with van der Waals surface area (Å²) in [5.41, 5.74) is 1.54. The van der Waals surface area contributed by atoms with Crippen molar-refractivity contribution < 1.29 is 9.53 Å². The normalized spacial score (nSPS) is 13.5. The molecule has 2 aromatic heterocycles. The summed E-state index contributed by atoms with van der Waals surface area (Å²) < 4.78 is 7.87. The lowest BCUT2D eigenvalue weighted by atomic mass is 10.1. The summed E-state index contributed by atoms with van der Waals surface area (Å²) in [6.45, 7) is 5.53. The van der Waals surface area contributed by atoms with E-state index in [2.05, 4.69) is 31.9 Å². The van der Waals surface area contributed by atoms with E-state index in [4.69, 9.17) is 4.74 Å². The highest BCUT2D eigenvalue weighted by atomic mass is 16.5. The van der Waals surface area contributed by atoms with E-state index in [1.807, 2.05) is 32.0 Å². The molecule has 0 aliphatic carbocycles. The fourth-order valence-electron chi connectivity index (χ4n) is 3.35. The molecule has 3 aromatic rings. The summed E-state index contributed by atoms with van der Waals surface area (Å²) in [7, 11) is 0. The number of pyridine rings is 1. The van der Waals surface area contributed by atoms with Crippen LogP contribution in [-0.4, -0.2) is 43.2 Å². The van der Waals surface area contributed by atoms with Crippen LogP contribution in [0, 0.1) is 0 Å². The fourth-order valence-corrected chi connectivity index (χ4v) is 3.35. The number of hydrogen-bond donors (Lipinski definition) is 0. The maximum absolute atomic E-state index is 13.0. The van der Waals surface area contributed by atoms with Crippen molar-refractivity contribution in [3.63, 3.8) is 0 Å². The van der Waals surface area contributed by atoms with Gasteiger partial charge < -0.3 is 14.2 Å². The van der Waals surface area contributed by atoms with Crippen molar-refractivity contribution >= 4 is 5.91 Å². The molecule has 1 aliphatic heterocycles. The third-order valence-corrected chi connectivity index (χ3v) is 4.66. The molecule has 0 atom stereocenters. The number of rotatable bonds is 5. The van der Waals surface area contributed by atoms with Crippen molar-refractivity contribution in [1.82, 2.24) is 24.6 Å². The first-order valence-corrected chi connectivity index (χ1v) is 9.47. The molecule has 1 amide bonds. The predicted molar refractivity (Wildman–Crippen MR) is 104 cm³/mol. The van der Waals surface area contributed by atoms with Gasteiger partial charge in [0.25, 0.3) is 5.91 Å². The lowest BCUT2D eigenvalue weighted by Gasteiger charge is -2.28. The van der Waals surface area contributed by atoms with Crippen molar-refractivity contribution in [3.05, 3.63) is 71.6 Å². The number of carbonyl (C=O) groups excluding carboxylic acids is 1. The average Bonchev–Trinajstić information content (AvgIpc) is 3.10. The standard InChI is InChI=1S/C21H23N5O2/c1-15(2)28-17-9-6-10-22-20(17)21(27)25-11-12-26-18(23-24-19(26)14-25)13-16-7-4-3-5-8-16/h3-10,15H,11-14H2,1-2H3.